The molecule has 1 aliphatic carbocycles. The molecule has 0 radical (unpaired) electrons. The summed E-state index contributed by atoms with van der Waals surface area (Å²) in [6, 6.07) is 23.2. The molecule has 0 spiro atoms. The molecule has 42 heavy (non-hydrogen) atoms. The Morgan fingerprint density at radius 1 is 1.05 bits per heavy atom. The minimum absolute atomic E-state index is 0.0813. The van der Waals surface area contributed by atoms with Gasteiger partial charge >= 0.3 is 5.97 Å². The topological polar surface area (TPSA) is 101 Å². The third-order valence-corrected chi connectivity index (χ3v) is 9.65. The van der Waals surface area contributed by atoms with Gasteiger partial charge in [-0.15, -0.1) is 0 Å². The van der Waals surface area contributed by atoms with E-state index in [9.17, 15) is 23.5 Å². The maximum atomic E-state index is 14.6. The maximum absolute atomic E-state index is 14.6. The van der Waals surface area contributed by atoms with Crippen LogP contribution < -0.4 is 0 Å². The lowest BCUT2D eigenvalue weighted by molar-refractivity contribution is -0.161. The Morgan fingerprint density at radius 2 is 1.74 bits per heavy atom. The van der Waals surface area contributed by atoms with Crippen molar-refractivity contribution < 1.29 is 23.5 Å². The average Bonchev–Trinajstić information content (AvgIpc) is 3.79. The highest BCUT2D eigenvalue weighted by molar-refractivity contribution is 7.76. The Morgan fingerprint density at radius 3 is 2.33 bits per heavy atom. The Kier molecular flexibility index (Phi) is 9.40. The molecule has 3 unspecified atom stereocenters. The van der Waals surface area contributed by atoms with Gasteiger partial charge in [0.15, 0.2) is 0 Å². The third-order valence-electron chi connectivity index (χ3n) is 8.46. The molecule has 3 aromatic carbocycles. The third kappa shape index (κ3) is 6.90. The van der Waals surface area contributed by atoms with Crippen molar-refractivity contribution in [3.8, 4) is 0 Å². The molecule has 1 heterocycles. The number of hydrogen-bond acceptors (Lipinski definition) is 4. The number of aliphatic carboxylic acids is 1. The van der Waals surface area contributed by atoms with E-state index in [0.29, 0.717) is 16.5 Å². The van der Waals surface area contributed by atoms with Gasteiger partial charge in [0.25, 0.3) is 0 Å². The summed E-state index contributed by atoms with van der Waals surface area (Å²) in [5, 5.41) is 11.0. The predicted octanol–water partition coefficient (Wildman–Crippen LogP) is 6.61. The van der Waals surface area contributed by atoms with Crippen LogP contribution in [0.25, 0.3) is 0 Å². The first kappa shape index (κ1) is 30.7. The molecule has 0 bridgehead atoms. The van der Waals surface area contributed by atoms with Crippen LogP contribution in [0.1, 0.15) is 61.3 Å². The van der Waals surface area contributed by atoms with E-state index < -0.39 is 34.7 Å². The first-order valence-electron chi connectivity index (χ1n) is 14.0. The lowest BCUT2D eigenvalue weighted by Crippen LogP contribution is -2.59. The summed E-state index contributed by atoms with van der Waals surface area (Å²) < 4.78 is 26.5. The molecular formula is C32H33Cl2N2O5S-. The number of carboxylic acids is 1. The summed E-state index contributed by atoms with van der Waals surface area (Å²) in [5.41, 5.74) is 1.36. The van der Waals surface area contributed by atoms with Gasteiger partial charge in [0.2, 0.25) is 5.91 Å². The molecule has 2 aliphatic rings. The molecule has 0 aromatic heterocycles. The van der Waals surface area contributed by atoms with Crippen molar-refractivity contribution >= 4 is 46.3 Å². The normalized spacial score (nSPS) is 24.0. The van der Waals surface area contributed by atoms with Crippen LogP contribution in [0.3, 0.4) is 0 Å². The molecule has 5 rings (SSSR count). The number of benzene rings is 3. The summed E-state index contributed by atoms with van der Waals surface area (Å²) in [6.45, 7) is 1.97. The zero-order valence-corrected chi connectivity index (χ0v) is 25.5. The molecule has 1 saturated heterocycles. The van der Waals surface area contributed by atoms with Gasteiger partial charge in [0, 0.05) is 46.4 Å². The van der Waals surface area contributed by atoms with Crippen LogP contribution in [0.5, 0.6) is 0 Å². The highest BCUT2D eigenvalue weighted by Crippen LogP contribution is 2.54. The first-order chi connectivity index (χ1) is 20.1. The highest BCUT2D eigenvalue weighted by atomic mass is 35.5. The van der Waals surface area contributed by atoms with Crippen molar-refractivity contribution in [3.05, 3.63) is 106 Å². The van der Waals surface area contributed by atoms with E-state index in [2.05, 4.69) is 0 Å². The van der Waals surface area contributed by atoms with Gasteiger partial charge in [-0.25, -0.2) is 4.31 Å². The molecule has 1 saturated carbocycles. The fourth-order valence-electron chi connectivity index (χ4n) is 6.36. The second-order valence-corrected chi connectivity index (χ2v) is 13.5. The molecule has 3 aromatic rings. The number of hydrogen-bond donors (Lipinski definition) is 1. The molecule has 1 N–H and O–H groups in total. The lowest BCUT2D eigenvalue weighted by Gasteiger charge is -2.52. The number of halogens is 2. The van der Waals surface area contributed by atoms with Crippen LogP contribution in [0, 0.1) is 11.3 Å². The zero-order chi connectivity index (χ0) is 30.0. The maximum Gasteiger partial charge on any atom is 0.304 e. The van der Waals surface area contributed by atoms with Gasteiger partial charge in [-0.2, -0.15) is 0 Å². The van der Waals surface area contributed by atoms with E-state index in [4.69, 9.17) is 23.2 Å². The van der Waals surface area contributed by atoms with Crippen LogP contribution in [0.4, 0.5) is 0 Å². The van der Waals surface area contributed by atoms with Gasteiger partial charge in [-0.3, -0.25) is 13.8 Å². The first-order valence-corrected chi connectivity index (χ1v) is 15.8. The van der Waals surface area contributed by atoms with Crippen molar-refractivity contribution in [1.29, 1.82) is 0 Å². The van der Waals surface area contributed by atoms with E-state index in [1.165, 1.54) is 4.31 Å². The monoisotopic (exact) mass is 627 g/mol. The smallest absolute Gasteiger partial charge is 0.304 e. The molecule has 2 fully saturated rings. The Balaban J connectivity index is 1.64. The molecule has 7 nitrogen and oxygen atoms in total. The molecule has 10 heteroatoms. The van der Waals surface area contributed by atoms with Crippen LogP contribution >= 0.6 is 23.2 Å². The minimum Gasteiger partial charge on any atom is -0.760 e. The summed E-state index contributed by atoms with van der Waals surface area (Å²) in [5.74, 6) is -1.56. The van der Waals surface area contributed by atoms with Crippen LogP contribution in [-0.2, 0) is 27.4 Å². The van der Waals surface area contributed by atoms with Gasteiger partial charge in [0.1, 0.15) is 0 Å². The van der Waals surface area contributed by atoms with Crippen molar-refractivity contribution in [2.24, 2.45) is 11.3 Å². The number of carbonyl (C=O) groups excluding carboxylic acids is 1. The standard InChI is InChI=1S/C32H34Cl2N2O5S/c1-32(18-29(37)38)17-27(24-8-5-9-26(34)16-24)30(23-12-14-25(33)15-13-23)36(31(32)39)28(22-10-11-22)20-35(42(40)41)19-21-6-3-2-4-7-21/h2-9,12-16,22,27-28,30H,10-11,17-20H2,1H3,(H,37,38)(H,40,41)/p-1/t27?,28?,30-,32-/m1/s1. The van der Waals surface area contributed by atoms with E-state index in [1.807, 2.05) is 65.6 Å². The van der Waals surface area contributed by atoms with E-state index in [-0.39, 0.29) is 37.3 Å². The van der Waals surface area contributed by atoms with Crippen LogP contribution in [0.15, 0.2) is 78.9 Å². The largest absolute Gasteiger partial charge is 0.760 e. The van der Waals surface area contributed by atoms with Crippen LogP contribution in [0.2, 0.25) is 10.0 Å². The highest BCUT2D eigenvalue weighted by Gasteiger charge is 2.54. The van der Waals surface area contributed by atoms with Gasteiger partial charge < -0.3 is 14.6 Å². The number of nitrogens with zero attached hydrogens (tertiary/aromatic N) is 2. The second kappa shape index (κ2) is 12.9. The Labute approximate surface area is 258 Å². The van der Waals surface area contributed by atoms with E-state index in [0.717, 1.165) is 29.5 Å². The number of amides is 1. The summed E-state index contributed by atoms with van der Waals surface area (Å²) >= 11 is 10.1. The minimum atomic E-state index is -2.55. The molecular weight excluding hydrogens is 595 g/mol. The SMILES string of the molecule is C[C@]1(CC(=O)O)CC(c2cccc(Cl)c2)[C@@H](c2ccc(Cl)cc2)N(C(CN(Cc2ccccc2)S(=O)[O-])C2CC2)C1=O. The van der Waals surface area contributed by atoms with E-state index in [1.54, 1.807) is 25.1 Å². The Hall–Kier alpha value is -2.75. The fourth-order valence-corrected chi connectivity index (χ4v) is 7.22. The van der Waals surface area contributed by atoms with Crippen molar-refractivity contribution in [2.75, 3.05) is 6.54 Å². The number of likely N-dealkylation sites (tertiary alicyclic amines) is 1. The summed E-state index contributed by atoms with van der Waals surface area (Å²) in [4.78, 5) is 28.5. The van der Waals surface area contributed by atoms with Gasteiger partial charge in [-0.1, -0.05) is 84.7 Å². The molecule has 1 amide bonds. The summed E-state index contributed by atoms with van der Waals surface area (Å²) in [6.07, 6.45) is 1.65. The molecule has 5 atom stereocenters. The molecule has 222 valence electrons. The number of carboxylic acid groups (broad SMARTS) is 1. The van der Waals surface area contributed by atoms with E-state index >= 15 is 0 Å². The van der Waals surface area contributed by atoms with Crippen molar-refractivity contribution in [3.63, 3.8) is 0 Å². The number of piperidine rings is 1. The average molecular weight is 629 g/mol. The zero-order valence-electron chi connectivity index (χ0n) is 23.2. The summed E-state index contributed by atoms with van der Waals surface area (Å²) in [7, 11) is 0. The number of rotatable bonds is 11. The number of carbonyl (C=O) groups is 2. The second-order valence-electron chi connectivity index (χ2n) is 11.6. The van der Waals surface area contributed by atoms with Crippen molar-refractivity contribution in [1.82, 2.24) is 9.21 Å². The van der Waals surface area contributed by atoms with Crippen LogP contribution in [-0.4, -0.2) is 47.5 Å². The van der Waals surface area contributed by atoms with Gasteiger partial charge in [-0.05, 0) is 66.1 Å². The van der Waals surface area contributed by atoms with Gasteiger partial charge in [0.05, 0.1) is 17.9 Å². The Bertz CT molecular complexity index is 1450. The fraction of sp³-hybridized carbons (Fsp3) is 0.375. The lowest BCUT2D eigenvalue weighted by atomic mass is 9.67. The molecule has 1 aliphatic heterocycles. The quantitative estimate of drug-likeness (QED) is 0.241. The predicted molar refractivity (Wildman–Crippen MR) is 162 cm³/mol. The van der Waals surface area contributed by atoms with Crippen molar-refractivity contribution in [2.45, 2.75) is 57.2 Å².